The maximum Gasteiger partial charge on any atom is 0.276 e. The molecule has 0 amide bonds. The van der Waals surface area contributed by atoms with E-state index in [0.717, 1.165) is 16.7 Å². The highest BCUT2D eigenvalue weighted by molar-refractivity contribution is 7.89. The number of ether oxygens (including phenoxy) is 1. The van der Waals surface area contributed by atoms with Crippen LogP contribution in [0.2, 0.25) is 0 Å². The molecule has 0 heterocycles. The molecule has 0 aliphatic heterocycles. The molecule has 2 aromatic carbocycles. The van der Waals surface area contributed by atoms with Gasteiger partial charge in [0.25, 0.3) is 10.0 Å². The molecule has 0 bridgehead atoms. The lowest BCUT2D eigenvalue weighted by Crippen LogP contribution is -2.18. The van der Waals surface area contributed by atoms with Gasteiger partial charge in [-0.3, -0.25) is 0 Å². The molecule has 0 aromatic heterocycles. The van der Waals surface area contributed by atoms with Crippen LogP contribution in [-0.2, 0) is 10.0 Å². The fourth-order valence-corrected chi connectivity index (χ4v) is 2.86. The topological polar surface area (TPSA) is 67.8 Å². The molecular formula is C17H20N2O3S. The van der Waals surface area contributed by atoms with Gasteiger partial charge in [-0.2, -0.15) is 13.5 Å². The van der Waals surface area contributed by atoms with Gasteiger partial charge in [-0.25, -0.2) is 4.83 Å². The second-order valence-corrected chi connectivity index (χ2v) is 6.78. The number of nitrogens with one attached hydrogen (secondary N) is 1. The van der Waals surface area contributed by atoms with E-state index in [0.29, 0.717) is 12.4 Å². The van der Waals surface area contributed by atoms with Crippen LogP contribution in [-0.4, -0.2) is 21.2 Å². The molecule has 122 valence electrons. The smallest absolute Gasteiger partial charge is 0.276 e. The van der Waals surface area contributed by atoms with Crippen LogP contribution in [0.25, 0.3) is 0 Å². The Hall–Kier alpha value is -2.34. The van der Waals surface area contributed by atoms with E-state index in [9.17, 15) is 8.42 Å². The number of rotatable bonds is 6. The zero-order chi connectivity index (χ0) is 16.9. The predicted octanol–water partition coefficient (Wildman–Crippen LogP) is 3.01. The Morgan fingerprint density at radius 2 is 1.83 bits per heavy atom. The van der Waals surface area contributed by atoms with Gasteiger partial charge in [-0.15, -0.1) is 0 Å². The van der Waals surface area contributed by atoms with Crippen LogP contribution in [0.3, 0.4) is 0 Å². The highest BCUT2D eigenvalue weighted by Gasteiger charge is 2.12. The molecule has 0 saturated carbocycles. The summed E-state index contributed by atoms with van der Waals surface area (Å²) in [5.41, 5.74) is 3.05. The molecule has 0 aliphatic carbocycles. The van der Waals surface area contributed by atoms with Crippen LogP contribution >= 0.6 is 0 Å². The highest BCUT2D eigenvalue weighted by atomic mass is 32.2. The Balaban J connectivity index is 2.10. The van der Waals surface area contributed by atoms with E-state index in [1.54, 1.807) is 12.1 Å². The van der Waals surface area contributed by atoms with Crippen molar-refractivity contribution in [3.63, 3.8) is 0 Å². The van der Waals surface area contributed by atoms with Gasteiger partial charge in [0.1, 0.15) is 5.75 Å². The summed E-state index contributed by atoms with van der Waals surface area (Å²) < 4.78 is 29.6. The van der Waals surface area contributed by atoms with Gasteiger partial charge in [0.15, 0.2) is 0 Å². The van der Waals surface area contributed by atoms with Crippen LogP contribution in [0, 0.1) is 13.8 Å². The number of sulfonamides is 1. The van der Waals surface area contributed by atoms with Gasteiger partial charge in [0, 0.05) is 0 Å². The summed E-state index contributed by atoms with van der Waals surface area (Å²) in [6.45, 7) is 6.36. The van der Waals surface area contributed by atoms with E-state index >= 15 is 0 Å². The molecule has 2 aromatic rings. The number of nitrogens with zero attached hydrogens (tertiary/aromatic N) is 1. The Morgan fingerprint density at radius 3 is 2.43 bits per heavy atom. The molecule has 0 saturated heterocycles. The third-order valence-electron chi connectivity index (χ3n) is 3.25. The summed E-state index contributed by atoms with van der Waals surface area (Å²) >= 11 is 0. The maximum absolute atomic E-state index is 12.2. The van der Waals surface area contributed by atoms with Crippen molar-refractivity contribution in [1.82, 2.24) is 4.83 Å². The first-order valence-electron chi connectivity index (χ1n) is 7.27. The molecule has 0 fully saturated rings. The Morgan fingerprint density at radius 1 is 1.13 bits per heavy atom. The first-order valence-corrected chi connectivity index (χ1v) is 8.75. The minimum Gasteiger partial charge on any atom is -0.494 e. The van der Waals surface area contributed by atoms with E-state index < -0.39 is 10.0 Å². The summed E-state index contributed by atoms with van der Waals surface area (Å²) in [7, 11) is -3.69. The monoisotopic (exact) mass is 332 g/mol. The van der Waals surface area contributed by atoms with Gasteiger partial charge < -0.3 is 4.74 Å². The van der Waals surface area contributed by atoms with E-state index in [4.69, 9.17) is 4.74 Å². The van der Waals surface area contributed by atoms with Crippen molar-refractivity contribution in [3.05, 3.63) is 59.2 Å². The van der Waals surface area contributed by atoms with Crippen molar-refractivity contribution in [2.75, 3.05) is 6.61 Å². The predicted molar refractivity (Wildman–Crippen MR) is 91.4 cm³/mol. The van der Waals surface area contributed by atoms with Crippen molar-refractivity contribution in [2.24, 2.45) is 5.10 Å². The number of hydrazone groups is 1. The first-order chi connectivity index (χ1) is 10.9. The Labute approximate surface area is 137 Å². The summed E-state index contributed by atoms with van der Waals surface area (Å²) in [5, 5.41) is 3.84. The molecular weight excluding hydrogens is 312 g/mol. The first kappa shape index (κ1) is 17.0. The van der Waals surface area contributed by atoms with Crippen LogP contribution in [0.4, 0.5) is 0 Å². The van der Waals surface area contributed by atoms with Gasteiger partial charge in [-0.1, -0.05) is 23.8 Å². The van der Waals surface area contributed by atoms with Crippen LogP contribution < -0.4 is 9.57 Å². The highest BCUT2D eigenvalue weighted by Crippen LogP contribution is 2.15. The molecule has 6 heteroatoms. The molecule has 1 N–H and O–H groups in total. The van der Waals surface area contributed by atoms with E-state index in [-0.39, 0.29) is 4.90 Å². The van der Waals surface area contributed by atoms with Crippen molar-refractivity contribution in [2.45, 2.75) is 25.7 Å². The summed E-state index contributed by atoms with van der Waals surface area (Å²) in [4.78, 5) is 2.36. The van der Waals surface area contributed by atoms with Crippen LogP contribution in [0.15, 0.2) is 52.5 Å². The summed E-state index contributed by atoms with van der Waals surface area (Å²) in [6, 6.07) is 12.1. The number of aryl methyl sites for hydroxylation is 2. The second-order valence-electron chi connectivity index (χ2n) is 5.12. The molecule has 0 atom stereocenters. The van der Waals surface area contributed by atoms with Gasteiger partial charge in [0.05, 0.1) is 17.7 Å². The fraction of sp³-hybridized carbons (Fsp3) is 0.235. The SMILES string of the molecule is CCOc1ccc(S(=O)(=O)NN=Cc2ccc(C)cc2C)cc1. The minimum absolute atomic E-state index is 0.138. The van der Waals surface area contributed by atoms with E-state index in [2.05, 4.69) is 9.93 Å². The van der Waals surface area contributed by atoms with Crippen molar-refractivity contribution in [1.29, 1.82) is 0 Å². The largest absolute Gasteiger partial charge is 0.494 e. The Kier molecular flexibility index (Phi) is 5.39. The third-order valence-corrected chi connectivity index (χ3v) is 4.49. The molecule has 0 unspecified atom stereocenters. The van der Waals surface area contributed by atoms with Crippen LogP contribution in [0.1, 0.15) is 23.6 Å². The second kappa shape index (κ2) is 7.28. The molecule has 2 rings (SSSR count). The molecule has 23 heavy (non-hydrogen) atoms. The lowest BCUT2D eigenvalue weighted by Gasteiger charge is -2.06. The number of benzene rings is 2. The third kappa shape index (κ3) is 4.56. The zero-order valence-electron chi connectivity index (χ0n) is 13.4. The Bertz CT molecular complexity index is 797. The van der Waals surface area contributed by atoms with Crippen molar-refractivity contribution < 1.29 is 13.2 Å². The maximum atomic E-state index is 12.2. The molecule has 0 spiro atoms. The zero-order valence-corrected chi connectivity index (χ0v) is 14.2. The molecule has 0 aliphatic rings. The molecule has 5 nitrogen and oxygen atoms in total. The minimum atomic E-state index is -3.69. The standard InChI is InChI=1S/C17H20N2O3S/c1-4-22-16-7-9-17(10-8-16)23(20,21)19-18-12-15-6-5-13(2)11-14(15)3/h5-12,19H,4H2,1-3H3. The lowest BCUT2D eigenvalue weighted by atomic mass is 10.1. The number of hydrogen-bond acceptors (Lipinski definition) is 4. The van der Waals surface area contributed by atoms with Gasteiger partial charge in [0.2, 0.25) is 0 Å². The average Bonchev–Trinajstić information content (AvgIpc) is 2.50. The van der Waals surface area contributed by atoms with Gasteiger partial charge in [-0.05, 0) is 56.2 Å². The van der Waals surface area contributed by atoms with Crippen molar-refractivity contribution >= 4 is 16.2 Å². The quantitative estimate of drug-likeness (QED) is 0.653. The molecule has 0 radical (unpaired) electrons. The number of hydrogen-bond donors (Lipinski definition) is 1. The van der Waals surface area contributed by atoms with Crippen molar-refractivity contribution in [3.8, 4) is 5.75 Å². The fourth-order valence-electron chi connectivity index (χ4n) is 2.07. The average molecular weight is 332 g/mol. The normalized spacial score (nSPS) is 11.6. The lowest BCUT2D eigenvalue weighted by molar-refractivity contribution is 0.340. The van der Waals surface area contributed by atoms with E-state index in [1.165, 1.54) is 18.3 Å². The van der Waals surface area contributed by atoms with Crippen LogP contribution in [0.5, 0.6) is 5.75 Å². The van der Waals surface area contributed by atoms with E-state index in [1.807, 2.05) is 39.0 Å². The summed E-state index contributed by atoms with van der Waals surface area (Å²) in [6.07, 6.45) is 1.50. The van der Waals surface area contributed by atoms with Gasteiger partial charge >= 0.3 is 0 Å². The summed E-state index contributed by atoms with van der Waals surface area (Å²) in [5.74, 6) is 0.630.